The van der Waals surface area contributed by atoms with Crippen molar-refractivity contribution in [2.75, 3.05) is 48.8 Å². The van der Waals surface area contributed by atoms with Crippen LogP contribution in [0.25, 0.3) is 0 Å². The number of para-hydroxylation sites is 1. The van der Waals surface area contributed by atoms with Crippen molar-refractivity contribution in [2.24, 2.45) is 0 Å². The third-order valence-electron chi connectivity index (χ3n) is 4.83. The molecule has 0 bridgehead atoms. The first-order chi connectivity index (χ1) is 14.2. The van der Waals surface area contributed by atoms with Crippen molar-refractivity contribution < 1.29 is 0 Å². The van der Waals surface area contributed by atoms with Gasteiger partial charge in [0.1, 0.15) is 11.6 Å². The Morgan fingerprint density at radius 2 is 1.69 bits per heavy atom. The summed E-state index contributed by atoms with van der Waals surface area (Å²) in [6, 6.07) is 13.9. The zero-order valence-corrected chi connectivity index (χ0v) is 16.8. The van der Waals surface area contributed by atoms with Crippen LogP contribution in [0.15, 0.2) is 48.7 Å². The minimum atomic E-state index is 0.523. The van der Waals surface area contributed by atoms with Crippen LogP contribution in [0.4, 0.5) is 29.1 Å². The summed E-state index contributed by atoms with van der Waals surface area (Å²) in [6.45, 7) is 5.89. The van der Waals surface area contributed by atoms with Gasteiger partial charge in [0, 0.05) is 56.2 Å². The van der Waals surface area contributed by atoms with E-state index in [0.717, 1.165) is 55.7 Å². The number of likely N-dealkylation sites (N-methyl/N-ethyl adjacent to an activating group) is 1. The van der Waals surface area contributed by atoms with E-state index in [9.17, 15) is 0 Å². The molecule has 2 N–H and O–H groups in total. The highest BCUT2D eigenvalue weighted by molar-refractivity contribution is 5.64. The number of benzene rings is 1. The highest BCUT2D eigenvalue weighted by Gasteiger charge is 2.18. The van der Waals surface area contributed by atoms with Crippen molar-refractivity contribution in [3.8, 4) is 0 Å². The molecule has 1 aliphatic heterocycles. The summed E-state index contributed by atoms with van der Waals surface area (Å²) in [5, 5.41) is 6.62. The SMILES string of the molecule is CCc1nc(Nc2cc(Nc3ccccc3)ccn2)nc(N2CCN(C)CC2)n1. The lowest BCUT2D eigenvalue weighted by atomic mass is 10.3. The van der Waals surface area contributed by atoms with Crippen molar-refractivity contribution in [3.63, 3.8) is 0 Å². The lowest BCUT2D eigenvalue weighted by molar-refractivity contribution is 0.311. The summed E-state index contributed by atoms with van der Waals surface area (Å²) in [7, 11) is 2.14. The molecule has 1 saturated heterocycles. The first kappa shape index (κ1) is 19.1. The van der Waals surface area contributed by atoms with E-state index in [1.54, 1.807) is 6.20 Å². The average Bonchev–Trinajstić information content (AvgIpc) is 2.75. The van der Waals surface area contributed by atoms with Gasteiger partial charge in [0.25, 0.3) is 0 Å². The molecule has 0 aliphatic carbocycles. The molecular weight excluding hydrogens is 364 g/mol. The van der Waals surface area contributed by atoms with Crippen LogP contribution >= 0.6 is 0 Å². The molecule has 8 nitrogen and oxygen atoms in total. The molecule has 4 rings (SSSR count). The minimum Gasteiger partial charge on any atom is -0.355 e. The van der Waals surface area contributed by atoms with Gasteiger partial charge in [-0.15, -0.1) is 0 Å². The molecular formula is C21H26N8. The fourth-order valence-electron chi connectivity index (χ4n) is 3.15. The lowest BCUT2D eigenvalue weighted by Gasteiger charge is -2.32. The third-order valence-corrected chi connectivity index (χ3v) is 4.83. The lowest BCUT2D eigenvalue weighted by Crippen LogP contribution is -2.45. The van der Waals surface area contributed by atoms with Gasteiger partial charge in [-0.25, -0.2) is 4.98 Å². The summed E-state index contributed by atoms with van der Waals surface area (Å²) < 4.78 is 0. The molecule has 3 heterocycles. The number of piperazine rings is 1. The van der Waals surface area contributed by atoms with Gasteiger partial charge in [0.2, 0.25) is 11.9 Å². The Bertz CT molecular complexity index is 938. The molecule has 0 amide bonds. The normalized spacial score (nSPS) is 14.6. The molecule has 150 valence electrons. The van der Waals surface area contributed by atoms with Crippen LogP contribution in [0.1, 0.15) is 12.7 Å². The van der Waals surface area contributed by atoms with Gasteiger partial charge in [0.15, 0.2) is 0 Å². The monoisotopic (exact) mass is 390 g/mol. The number of hydrogen-bond acceptors (Lipinski definition) is 8. The fraction of sp³-hybridized carbons (Fsp3) is 0.333. The molecule has 3 aromatic rings. The highest BCUT2D eigenvalue weighted by Crippen LogP contribution is 2.21. The predicted molar refractivity (Wildman–Crippen MR) is 116 cm³/mol. The molecule has 0 spiro atoms. The van der Waals surface area contributed by atoms with Crippen LogP contribution in [-0.2, 0) is 6.42 Å². The van der Waals surface area contributed by atoms with Gasteiger partial charge in [-0.3, -0.25) is 0 Å². The van der Waals surface area contributed by atoms with Crippen molar-refractivity contribution in [2.45, 2.75) is 13.3 Å². The Morgan fingerprint density at radius 1 is 0.897 bits per heavy atom. The molecule has 1 aromatic carbocycles. The molecule has 2 aromatic heterocycles. The van der Waals surface area contributed by atoms with E-state index in [1.807, 2.05) is 42.5 Å². The van der Waals surface area contributed by atoms with Crippen LogP contribution in [0.5, 0.6) is 0 Å². The molecule has 0 atom stereocenters. The summed E-state index contributed by atoms with van der Waals surface area (Å²) >= 11 is 0. The third kappa shape index (κ3) is 4.97. The zero-order valence-electron chi connectivity index (χ0n) is 16.8. The highest BCUT2D eigenvalue weighted by atomic mass is 15.3. The Hall–Kier alpha value is -3.26. The van der Waals surface area contributed by atoms with Gasteiger partial charge in [-0.2, -0.15) is 15.0 Å². The van der Waals surface area contributed by atoms with Crippen molar-refractivity contribution >= 4 is 29.1 Å². The van der Waals surface area contributed by atoms with Crippen molar-refractivity contribution in [1.82, 2.24) is 24.8 Å². The quantitative estimate of drug-likeness (QED) is 0.665. The maximum Gasteiger partial charge on any atom is 0.233 e. The van der Waals surface area contributed by atoms with Crippen LogP contribution in [0.3, 0.4) is 0 Å². The Labute approximate surface area is 171 Å². The zero-order chi connectivity index (χ0) is 20.1. The van der Waals surface area contributed by atoms with Gasteiger partial charge < -0.3 is 20.4 Å². The van der Waals surface area contributed by atoms with Gasteiger partial charge in [0.05, 0.1) is 0 Å². The molecule has 1 aliphatic rings. The predicted octanol–water partition coefficient (Wildman–Crippen LogP) is 3.07. The number of nitrogens with one attached hydrogen (secondary N) is 2. The van der Waals surface area contributed by atoms with E-state index in [2.05, 4.69) is 54.3 Å². The van der Waals surface area contributed by atoms with E-state index in [-0.39, 0.29) is 0 Å². The maximum atomic E-state index is 4.65. The molecule has 8 heteroatoms. The smallest absolute Gasteiger partial charge is 0.233 e. The molecule has 0 radical (unpaired) electrons. The molecule has 0 unspecified atom stereocenters. The second-order valence-corrected chi connectivity index (χ2v) is 7.06. The molecule has 1 fully saturated rings. The summed E-state index contributed by atoms with van der Waals surface area (Å²) in [4.78, 5) is 22.8. The number of rotatable bonds is 6. The van der Waals surface area contributed by atoms with E-state index in [4.69, 9.17) is 0 Å². The maximum absolute atomic E-state index is 4.65. The number of nitrogens with zero attached hydrogens (tertiary/aromatic N) is 6. The molecule has 29 heavy (non-hydrogen) atoms. The largest absolute Gasteiger partial charge is 0.355 e. The number of hydrogen-bond donors (Lipinski definition) is 2. The minimum absolute atomic E-state index is 0.523. The summed E-state index contributed by atoms with van der Waals surface area (Å²) in [6.07, 6.45) is 2.51. The first-order valence-electron chi connectivity index (χ1n) is 9.93. The van der Waals surface area contributed by atoms with Crippen molar-refractivity contribution in [1.29, 1.82) is 0 Å². The molecule has 0 saturated carbocycles. The second kappa shape index (κ2) is 8.83. The van der Waals surface area contributed by atoms with E-state index >= 15 is 0 Å². The van der Waals surface area contributed by atoms with Crippen LogP contribution in [0.2, 0.25) is 0 Å². The average molecular weight is 390 g/mol. The fourth-order valence-corrected chi connectivity index (χ4v) is 3.15. The van der Waals surface area contributed by atoms with Crippen LogP contribution < -0.4 is 15.5 Å². The Morgan fingerprint density at radius 3 is 2.45 bits per heavy atom. The first-order valence-corrected chi connectivity index (χ1v) is 9.93. The topological polar surface area (TPSA) is 82.1 Å². The second-order valence-electron chi connectivity index (χ2n) is 7.06. The van der Waals surface area contributed by atoms with Crippen molar-refractivity contribution in [3.05, 3.63) is 54.5 Å². The number of aromatic nitrogens is 4. The summed E-state index contributed by atoms with van der Waals surface area (Å²) in [5.74, 6) is 2.71. The van der Waals surface area contributed by atoms with Crippen LogP contribution in [0, 0.1) is 0 Å². The van der Waals surface area contributed by atoms with Gasteiger partial charge in [-0.1, -0.05) is 25.1 Å². The Balaban J connectivity index is 1.53. The van der Waals surface area contributed by atoms with E-state index in [1.165, 1.54) is 0 Å². The van der Waals surface area contributed by atoms with Gasteiger partial charge >= 0.3 is 0 Å². The standard InChI is InChI=1S/C21H26N8/c1-3-18-24-20(27-21(26-18)29-13-11-28(2)12-14-29)25-19-15-17(9-10-22-19)23-16-7-5-4-6-8-16/h4-10,15H,3,11-14H2,1-2H3,(H2,22,23,24,25,26,27). The number of anilines is 5. The van der Waals surface area contributed by atoms with E-state index in [0.29, 0.717) is 11.8 Å². The van der Waals surface area contributed by atoms with E-state index < -0.39 is 0 Å². The number of pyridine rings is 1. The summed E-state index contributed by atoms with van der Waals surface area (Å²) in [5.41, 5.74) is 1.97. The number of aryl methyl sites for hydroxylation is 1. The Kier molecular flexibility index (Phi) is 5.81. The van der Waals surface area contributed by atoms with Crippen LogP contribution in [-0.4, -0.2) is 58.1 Å². The van der Waals surface area contributed by atoms with Gasteiger partial charge in [-0.05, 0) is 25.2 Å².